The fraction of sp³-hybridized carbons (Fsp3) is 0.0417. The molecular formula is C24H16ClFN4O5. The van der Waals surface area contributed by atoms with E-state index < -0.39 is 22.6 Å². The minimum Gasteiger partial charge on any atom is -0.482 e. The summed E-state index contributed by atoms with van der Waals surface area (Å²) < 4.78 is 18.3. The van der Waals surface area contributed by atoms with Crippen LogP contribution in [0.1, 0.15) is 5.56 Å². The molecule has 176 valence electrons. The summed E-state index contributed by atoms with van der Waals surface area (Å²) in [7, 11) is 0. The van der Waals surface area contributed by atoms with Crippen LogP contribution in [0.5, 0.6) is 5.75 Å². The summed E-state index contributed by atoms with van der Waals surface area (Å²) in [5.74, 6) is -1.48. The lowest BCUT2D eigenvalue weighted by Crippen LogP contribution is -2.20. The third kappa shape index (κ3) is 7.12. The molecule has 9 nitrogen and oxygen atoms in total. The van der Waals surface area contributed by atoms with Gasteiger partial charge in [-0.3, -0.25) is 19.7 Å². The number of hydrogen-bond donors (Lipinski definition) is 2. The number of carbonyl (C=O) groups excluding carboxylic acids is 2. The van der Waals surface area contributed by atoms with Crippen molar-refractivity contribution < 1.29 is 23.6 Å². The predicted octanol–water partition coefficient (Wildman–Crippen LogP) is 4.95. The van der Waals surface area contributed by atoms with Crippen molar-refractivity contribution in [2.75, 3.05) is 17.2 Å². The molecule has 0 bridgehead atoms. The van der Waals surface area contributed by atoms with Gasteiger partial charge in [0.2, 0.25) is 0 Å². The van der Waals surface area contributed by atoms with Gasteiger partial charge in [-0.25, -0.2) is 4.39 Å². The molecule has 3 aromatic carbocycles. The number of nitro benzene ring substituents is 1. The van der Waals surface area contributed by atoms with Crippen LogP contribution in [0.3, 0.4) is 0 Å². The second-order valence-corrected chi connectivity index (χ2v) is 7.37. The Hall–Kier alpha value is -4.75. The van der Waals surface area contributed by atoms with E-state index >= 15 is 0 Å². The molecular weight excluding hydrogens is 479 g/mol. The molecule has 11 heteroatoms. The first-order valence-corrected chi connectivity index (χ1v) is 10.3. The number of nitrogens with zero attached hydrogens (tertiary/aromatic N) is 2. The van der Waals surface area contributed by atoms with Gasteiger partial charge < -0.3 is 15.4 Å². The smallest absolute Gasteiger partial charge is 0.271 e. The lowest BCUT2D eigenvalue weighted by Gasteiger charge is -2.09. The molecule has 0 heterocycles. The van der Waals surface area contributed by atoms with Crippen LogP contribution >= 0.6 is 11.6 Å². The van der Waals surface area contributed by atoms with Crippen molar-refractivity contribution in [3.8, 4) is 11.8 Å². The van der Waals surface area contributed by atoms with E-state index in [2.05, 4.69) is 10.6 Å². The van der Waals surface area contributed by atoms with Crippen LogP contribution in [0.2, 0.25) is 5.02 Å². The third-order valence-electron chi connectivity index (χ3n) is 4.43. The third-order valence-corrected chi connectivity index (χ3v) is 4.73. The van der Waals surface area contributed by atoms with Crippen LogP contribution in [-0.4, -0.2) is 23.3 Å². The molecule has 0 saturated heterocycles. The van der Waals surface area contributed by atoms with Gasteiger partial charge in [-0.05, 0) is 54.1 Å². The number of halogens is 2. The molecule has 0 atom stereocenters. The number of non-ortho nitro benzene ring substituents is 1. The van der Waals surface area contributed by atoms with Gasteiger partial charge in [-0.2, -0.15) is 5.26 Å². The molecule has 0 aliphatic rings. The predicted molar refractivity (Wildman–Crippen MR) is 127 cm³/mol. The van der Waals surface area contributed by atoms with Crippen LogP contribution in [0, 0.1) is 27.3 Å². The largest absolute Gasteiger partial charge is 0.482 e. The second-order valence-electron chi connectivity index (χ2n) is 6.96. The highest BCUT2D eigenvalue weighted by Gasteiger charge is 2.13. The first-order valence-electron chi connectivity index (χ1n) is 9.90. The number of carbonyl (C=O) groups is 2. The molecule has 0 spiro atoms. The average molecular weight is 495 g/mol. The summed E-state index contributed by atoms with van der Waals surface area (Å²) in [5, 5.41) is 25.4. The van der Waals surface area contributed by atoms with Crippen molar-refractivity contribution in [3.63, 3.8) is 0 Å². The maximum absolute atomic E-state index is 12.9. The van der Waals surface area contributed by atoms with E-state index in [-0.39, 0.29) is 34.3 Å². The molecule has 0 radical (unpaired) electrons. The second kappa shape index (κ2) is 11.4. The fourth-order valence-corrected chi connectivity index (χ4v) is 3.05. The average Bonchev–Trinajstić information content (AvgIpc) is 2.83. The zero-order valence-electron chi connectivity index (χ0n) is 17.8. The number of hydrogen-bond acceptors (Lipinski definition) is 6. The van der Waals surface area contributed by atoms with Gasteiger partial charge in [-0.15, -0.1) is 0 Å². The van der Waals surface area contributed by atoms with Gasteiger partial charge in [0.25, 0.3) is 17.5 Å². The molecule has 2 N–H and O–H groups in total. The number of nitriles is 1. The Labute approximate surface area is 203 Å². The van der Waals surface area contributed by atoms with Gasteiger partial charge in [0.1, 0.15) is 23.2 Å². The van der Waals surface area contributed by atoms with Crippen molar-refractivity contribution in [1.29, 1.82) is 5.26 Å². The number of amides is 2. The van der Waals surface area contributed by atoms with E-state index in [1.165, 1.54) is 72.8 Å². The highest BCUT2D eigenvalue weighted by molar-refractivity contribution is 6.32. The summed E-state index contributed by atoms with van der Waals surface area (Å²) in [6.45, 7) is -0.360. The highest BCUT2D eigenvalue weighted by Crippen LogP contribution is 2.27. The molecule has 0 aliphatic heterocycles. The Morgan fingerprint density at radius 1 is 1.09 bits per heavy atom. The maximum Gasteiger partial charge on any atom is 0.271 e. The molecule has 0 saturated carbocycles. The molecule has 3 rings (SSSR count). The lowest BCUT2D eigenvalue weighted by atomic mass is 10.1. The van der Waals surface area contributed by atoms with Gasteiger partial charge in [-0.1, -0.05) is 23.7 Å². The minimum absolute atomic E-state index is 0.129. The van der Waals surface area contributed by atoms with Crippen molar-refractivity contribution >= 4 is 46.6 Å². The zero-order valence-corrected chi connectivity index (χ0v) is 18.6. The Kier molecular flexibility index (Phi) is 8.11. The summed E-state index contributed by atoms with van der Waals surface area (Å²) in [6.07, 6.45) is 1.28. The fourth-order valence-electron chi connectivity index (χ4n) is 2.81. The zero-order chi connectivity index (χ0) is 25.4. The highest BCUT2D eigenvalue weighted by atomic mass is 35.5. The number of nitro groups is 1. The number of benzene rings is 3. The number of ether oxygens (including phenoxy) is 1. The van der Waals surface area contributed by atoms with Crippen molar-refractivity contribution in [1.82, 2.24) is 0 Å². The quantitative estimate of drug-likeness (QED) is 0.197. The summed E-state index contributed by atoms with van der Waals surface area (Å²) in [4.78, 5) is 34.7. The van der Waals surface area contributed by atoms with E-state index in [4.69, 9.17) is 16.3 Å². The lowest BCUT2D eigenvalue weighted by molar-refractivity contribution is -0.384. The molecule has 2 amide bonds. The summed E-state index contributed by atoms with van der Waals surface area (Å²) in [6, 6.07) is 16.7. The van der Waals surface area contributed by atoms with Crippen LogP contribution < -0.4 is 15.4 Å². The first-order chi connectivity index (χ1) is 16.7. The van der Waals surface area contributed by atoms with Crippen LogP contribution in [0.25, 0.3) is 6.08 Å². The minimum atomic E-state index is -0.762. The Morgan fingerprint density at radius 2 is 1.83 bits per heavy atom. The molecule has 35 heavy (non-hydrogen) atoms. The van der Waals surface area contributed by atoms with Crippen molar-refractivity contribution in [3.05, 3.63) is 98.8 Å². The van der Waals surface area contributed by atoms with E-state index in [0.717, 1.165) is 0 Å². The number of rotatable bonds is 8. The number of anilines is 2. The molecule has 0 aliphatic carbocycles. The molecule has 0 aromatic heterocycles. The maximum atomic E-state index is 12.9. The van der Waals surface area contributed by atoms with Crippen LogP contribution in [0.15, 0.2) is 72.3 Å². The Bertz CT molecular complexity index is 1350. The van der Waals surface area contributed by atoms with Crippen LogP contribution in [-0.2, 0) is 9.59 Å². The first kappa shape index (κ1) is 24.9. The van der Waals surface area contributed by atoms with Crippen LogP contribution in [0.4, 0.5) is 21.5 Å². The monoisotopic (exact) mass is 494 g/mol. The van der Waals surface area contributed by atoms with Gasteiger partial charge >= 0.3 is 0 Å². The standard InChI is InChI=1S/C24H16ClFN4O5/c25-21-11-15(4-9-22(21)35-14-23(31)28-18-7-5-17(26)6-8-18)10-16(13-27)24(32)29-19-2-1-3-20(12-19)30(33)34/h1-12H,14H2,(H,28,31)(H,29,32). The summed E-state index contributed by atoms with van der Waals surface area (Å²) in [5.41, 5.74) is 0.493. The van der Waals surface area contributed by atoms with Gasteiger partial charge in [0.15, 0.2) is 6.61 Å². The van der Waals surface area contributed by atoms with E-state index in [1.807, 2.05) is 0 Å². The Balaban J connectivity index is 1.64. The van der Waals surface area contributed by atoms with Crippen molar-refractivity contribution in [2.45, 2.75) is 0 Å². The molecule has 0 fully saturated rings. The SMILES string of the molecule is N#CC(=Cc1ccc(OCC(=O)Nc2ccc(F)cc2)c(Cl)c1)C(=O)Nc1cccc([N+](=O)[O-])c1. The van der Waals surface area contributed by atoms with Gasteiger partial charge in [0, 0.05) is 23.5 Å². The molecule has 3 aromatic rings. The topological polar surface area (TPSA) is 134 Å². The Morgan fingerprint density at radius 3 is 2.49 bits per heavy atom. The van der Waals surface area contributed by atoms with E-state index in [9.17, 15) is 29.4 Å². The number of nitrogens with one attached hydrogen (secondary N) is 2. The summed E-state index contributed by atoms with van der Waals surface area (Å²) >= 11 is 6.20. The van der Waals surface area contributed by atoms with E-state index in [0.29, 0.717) is 11.3 Å². The van der Waals surface area contributed by atoms with Crippen molar-refractivity contribution in [2.24, 2.45) is 0 Å². The molecule has 0 unspecified atom stereocenters. The van der Waals surface area contributed by atoms with E-state index in [1.54, 1.807) is 6.07 Å². The van der Waals surface area contributed by atoms with Gasteiger partial charge in [0.05, 0.1) is 9.95 Å². The normalized spacial score (nSPS) is 10.7.